The van der Waals surface area contributed by atoms with Crippen molar-refractivity contribution in [2.45, 2.75) is 12.8 Å². The van der Waals surface area contributed by atoms with Crippen LogP contribution in [0.2, 0.25) is 0 Å². The summed E-state index contributed by atoms with van der Waals surface area (Å²) in [6.45, 7) is 2.19. The smallest absolute Gasteiger partial charge is 0.339 e. The lowest BCUT2D eigenvalue weighted by atomic mass is 10.2. The highest BCUT2D eigenvalue weighted by Crippen LogP contribution is 2.17. The van der Waals surface area contributed by atoms with Gasteiger partial charge in [-0.05, 0) is 43.5 Å². The van der Waals surface area contributed by atoms with Crippen LogP contribution in [0.3, 0.4) is 0 Å². The third-order valence-corrected chi connectivity index (χ3v) is 3.30. The topological polar surface area (TPSA) is 58.6 Å². The minimum absolute atomic E-state index is 0.211. The molecule has 0 aliphatic carbocycles. The van der Waals surface area contributed by atoms with Gasteiger partial charge in [-0.25, -0.2) is 4.79 Å². The number of ether oxygens (including phenoxy) is 1. The van der Waals surface area contributed by atoms with Crippen molar-refractivity contribution in [3.8, 4) is 5.75 Å². The molecule has 0 aliphatic rings. The van der Waals surface area contributed by atoms with Gasteiger partial charge in [-0.1, -0.05) is 12.1 Å². The zero-order valence-corrected chi connectivity index (χ0v) is 12.0. The maximum absolute atomic E-state index is 11.0. The van der Waals surface area contributed by atoms with Crippen LogP contribution in [-0.2, 0) is 0 Å². The number of rotatable bonds is 10. The van der Waals surface area contributed by atoms with Gasteiger partial charge in [0, 0.05) is 6.54 Å². The second-order valence-corrected chi connectivity index (χ2v) is 5.09. The minimum Gasteiger partial charge on any atom is -0.491 e. The van der Waals surface area contributed by atoms with E-state index in [1.54, 1.807) is 24.3 Å². The van der Waals surface area contributed by atoms with E-state index in [4.69, 9.17) is 9.84 Å². The van der Waals surface area contributed by atoms with Gasteiger partial charge in [0.25, 0.3) is 0 Å². The van der Waals surface area contributed by atoms with Gasteiger partial charge in [0.1, 0.15) is 17.9 Å². The zero-order chi connectivity index (χ0) is 13.9. The van der Waals surface area contributed by atoms with Crippen LogP contribution in [0.5, 0.6) is 5.75 Å². The maximum atomic E-state index is 11.0. The van der Waals surface area contributed by atoms with Gasteiger partial charge < -0.3 is 15.2 Å². The number of thioether (sulfide) groups is 1. The SMILES string of the molecule is CSCCCCNCCOc1ccccc1C(=O)O. The van der Waals surface area contributed by atoms with E-state index in [2.05, 4.69) is 11.6 Å². The van der Waals surface area contributed by atoms with Gasteiger partial charge in [-0.3, -0.25) is 0 Å². The second kappa shape index (κ2) is 9.69. The largest absolute Gasteiger partial charge is 0.491 e. The molecule has 0 atom stereocenters. The van der Waals surface area contributed by atoms with Crippen LogP contribution in [0.25, 0.3) is 0 Å². The number of carboxylic acid groups (broad SMARTS) is 1. The third kappa shape index (κ3) is 6.50. The van der Waals surface area contributed by atoms with Crippen molar-refractivity contribution in [2.24, 2.45) is 0 Å². The number of hydrogen-bond donors (Lipinski definition) is 2. The summed E-state index contributed by atoms with van der Waals surface area (Å²) in [7, 11) is 0. The minimum atomic E-state index is -0.958. The molecule has 4 nitrogen and oxygen atoms in total. The zero-order valence-electron chi connectivity index (χ0n) is 11.2. The summed E-state index contributed by atoms with van der Waals surface area (Å²) in [4.78, 5) is 11.0. The summed E-state index contributed by atoms with van der Waals surface area (Å²) in [5.41, 5.74) is 0.211. The molecule has 0 aliphatic heterocycles. The molecule has 0 unspecified atom stereocenters. The van der Waals surface area contributed by atoms with Crippen LogP contribution >= 0.6 is 11.8 Å². The molecule has 106 valence electrons. The Hall–Kier alpha value is -1.20. The molecule has 0 heterocycles. The van der Waals surface area contributed by atoms with Crippen molar-refractivity contribution >= 4 is 17.7 Å². The number of carboxylic acids is 1. The summed E-state index contributed by atoms with van der Waals surface area (Å²) in [6.07, 6.45) is 4.49. The average Bonchev–Trinajstić information content (AvgIpc) is 2.42. The van der Waals surface area contributed by atoms with Crippen molar-refractivity contribution in [3.05, 3.63) is 29.8 Å². The Morgan fingerprint density at radius 2 is 2.11 bits per heavy atom. The van der Waals surface area contributed by atoms with E-state index >= 15 is 0 Å². The number of para-hydroxylation sites is 1. The van der Waals surface area contributed by atoms with Crippen LogP contribution in [0.15, 0.2) is 24.3 Å². The predicted octanol–water partition coefficient (Wildman–Crippen LogP) is 2.50. The normalized spacial score (nSPS) is 10.4. The molecule has 2 N–H and O–H groups in total. The first-order chi connectivity index (χ1) is 9.25. The summed E-state index contributed by atoms with van der Waals surface area (Å²) in [5, 5.41) is 12.3. The lowest BCUT2D eigenvalue weighted by Gasteiger charge is -2.09. The summed E-state index contributed by atoms with van der Waals surface area (Å²) < 4.78 is 5.48. The molecule has 0 aromatic heterocycles. The highest BCUT2D eigenvalue weighted by Gasteiger charge is 2.09. The van der Waals surface area contributed by atoms with Crippen LogP contribution in [-0.4, -0.2) is 42.8 Å². The van der Waals surface area contributed by atoms with E-state index in [0.29, 0.717) is 12.4 Å². The lowest BCUT2D eigenvalue weighted by Crippen LogP contribution is -2.22. The second-order valence-electron chi connectivity index (χ2n) is 4.10. The van der Waals surface area contributed by atoms with Crippen molar-refractivity contribution in [3.63, 3.8) is 0 Å². The Labute approximate surface area is 118 Å². The van der Waals surface area contributed by atoms with E-state index in [1.807, 2.05) is 11.8 Å². The summed E-state index contributed by atoms with van der Waals surface area (Å²) in [5.74, 6) is 0.671. The number of nitrogens with one attached hydrogen (secondary N) is 1. The number of hydrogen-bond acceptors (Lipinski definition) is 4. The van der Waals surface area contributed by atoms with Crippen LogP contribution in [0.1, 0.15) is 23.2 Å². The quantitative estimate of drug-likeness (QED) is 0.646. The summed E-state index contributed by atoms with van der Waals surface area (Å²) >= 11 is 1.86. The Morgan fingerprint density at radius 1 is 1.32 bits per heavy atom. The molecule has 0 bridgehead atoms. The fraction of sp³-hybridized carbons (Fsp3) is 0.500. The molecule has 0 fully saturated rings. The van der Waals surface area contributed by atoms with Crippen molar-refractivity contribution in [1.29, 1.82) is 0 Å². The molecular weight excluding hydrogens is 262 g/mol. The van der Waals surface area contributed by atoms with Gasteiger partial charge in [-0.15, -0.1) is 0 Å². The molecule has 1 aromatic carbocycles. The van der Waals surface area contributed by atoms with Gasteiger partial charge in [-0.2, -0.15) is 11.8 Å². The molecule has 0 saturated heterocycles. The van der Waals surface area contributed by atoms with Crippen LogP contribution in [0.4, 0.5) is 0 Å². The number of unbranched alkanes of at least 4 members (excludes halogenated alkanes) is 1. The standard InChI is InChI=1S/C14H21NO3S/c1-19-11-5-4-8-15-9-10-18-13-7-3-2-6-12(13)14(16)17/h2-3,6-7,15H,4-5,8-11H2,1H3,(H,16,17). The predicted molar refractivity (Wildman–Crippen MR) is 79.4 cm³/mol. The van der Waals surface area contributed by atoms with Crippen molar-refractivity contribution in [2.75, 3.05) is 31.7 Å². The van der Waals surface area contributed by atoms with E-state index in [9.17, 15) is 4.79 Å². The first-order valence-electron chi connectivity index (χ1n) is 6.40. The van der Waals surface area contributed by atoms with Crippen molar-refractivity contribution in [1.82, 2.24) is 5.32 Å². The van der Waals surface area contributed by atoms with Gasteiger partial charge in [0.15, 0.2) is 0 Å². The van der Waals surface area contributed by atoms with E-state index in [-0.39, 0.29) is 5.56 Å². The molecule has 0 amide bonds. The lowest BCUT2D eigenvalue weighted by molar-refractivity contribution is 0.0692. The van der Waals surface area contributed by atoms with Crippen LogP contribution < -0.4 is 10.1 Å². The maximum Gasteiger partial charge on any atom is 0.339 e. The monoisotopic (exact) mass is 283 g/mol. The number of carbonyl (C=O) groups is 1. The third-order valence-electron chi connectivity index (χ3n) is 2.61. The average molecular weight is 283 g/mol. The molecule has 0 saturated carbocycles. The Morgan fingerprint density at radius 3 is 2.84 bits per heavy atom. The fourth-order valence-corrected chi connectivity index (χ4v) is 2.12. The Kier molecular flexibility index (Phi) is 8.09. The molecule has 1 aromatic rings. The van der Waals surface area contributed by atoms with E-state index < -0.39 is 5.97 Å². The van der Waals surface area contributed by atoms with E-state index in [1.165, 1.54) is 12.2 Å². The molecule has 19 heavy (non-hydrogen) atoms. The first-order valence-corrected chi connectivity index (χ1v) is 7.80. The molecular formula is C14H21NO3S. The molecule has 0 radical (unpaired) electrons. The highest BCUT2D eigenvalue weighted by atomic mass is 32.2. The Bertz CT molecular complexity index is 385. The molecule has 5 heteroatoms. The van der Waals surface area contributed by atoms with Crippen molar-refractivity contribution < 1.29 is 14.6 Å². The first kappa shape index (κ1) is 15.9. The molecule has 1 rings (SSSR count). The highest BCUT2D eigenvalue weighted by molar-refractivity contribution is 7.98. The molecule has 0 spiro atoms. The van der Waals surface area contributed by atoms with Gasteiger partial charge in [0.05, 0.1) is 0 Å². The Balaban J connectivity index is 2.17. The van der Waals surface area contributed by atoms with Gasteiger partial charge in [0.2, 0.25) is 0 Å². The number of benzene rings is 1. The number of aromatic carboxylic acids is 1. The fourth-order valence-electron chi connectivity index (χ4n) is 1.62. The van der Waals surface area contributed by atoms with Crippen LogP contribution in [0, 0.1) is 0 Å². The van der Waals surface area contributed by atoms with Gasteiger partial charge >= 0.3 is 5.97 Å². The summed E-state index contributed by atoms with van der Waals surface area (Å²) in [6, 6.07) is 6.70. The van der Waals surface area contributed by atoms with E-state index in [0.717, 1.165) is 19.5 Å².